The molecule has 0 N–H and O–H groups in total. The van der Waals surface area contributed by atoms with Gasteiger partial charge < -0.3 is 0 Å². The summed E-state index contributed by atoms with van der Waals surface area (Å²) in [5.41, 5.74) is 8.27. The zero-order valence-electron chi connectivity index (χ0n) is 19.8. The Kier molecular flexibility index (Phi) is 5.97. The van der Waals surface area contributed by atoms with E-state index >= 15 is 0 Å². The predicted octanol–water partition coefficient (Wildman–Crippen LogP) is 9.50. The minimum Gasteiger partial charge on any atom is -0.0911 e. The molecular formula is C34H28. The molecule has 5 rings (SSSR count). The van der Waals surface area contributed by atoms with Crippen LogP contribution < -0.4 is 0 Å². The summed E-state index contributed by atoms with van der Waals surface area (Å²) < 4.78 is 0. The van der Waals surface area contributed by atoms with Gasteiger partial charge in [-0.25, -0.2) is 0 Å². The van der Waals surface area contributed by atoms with Crippen molar-refractivity contribution < 1.29 is 0 Å². The standard InChI is InChI=1S/C34H28/c1-24-18-20-27(21-19-24)25(2)22-30(34-17-9-13-29-11-5-7-15-33(29)34)23-26(3)31-16-8-12-28-10-4-6-14-32(28)31/h4-23H,3H2,1-2H3/b25-22+,30-23+. The highest BCUT2D eigenvalue weighted by atomic mass is 14.1. The average molecular weight is 437 g/mol. The van der Waals surface area contributed by atoms with Crippen molar-refractivity contribution in [1.29, 1.82) is 0 Å². The van der Waals surface area contributed by atoms with Gasteiger partial charge in [-0.3, -0.25) is 0 Å². The quantitative estimate of drug-likeness (QED) is 0.241. The minimum atomic E-state index is 1.01. The molecule has 5 aromatic rings. The summed E-state index contributed by atoms with van der Waals surface area (Å²) in [6, 6.07) is 38.8. The SMILES string of the molecule is C=C(/C=C(\C=C(/C)c1ccc(C)cc1)c1cccc2ccccc12)c1cccc2ccccc12. The molecule has 164 valence electrons. The molecule has 0 fully saturated rings. The summed E-state index contributed by atoms with van der Waals surface area (Å²) in [4.78, 5) is 0. The summed E-state index contributed by atoms with van der Waals surface area (Å²) in [5.74, 6) is 0. The third-order valence-corrected chi connectivity index (χ3v) is 6.44. The third kappa shape index (κ3) is 4.36. The van der Waals surface area contributed by atoms with Gasteiger partial charge in [0.15, 0.2) is 0 Å². The highest BCUT2D eigenvalue weighted by Gasteiger charge is 2.09. The Hall–Kier alpha value is -4.16. The zero-order valence-corrected chi connectivity index (χ0v) is 19.8. The van der Waals surface area contributed by atoms with E-state index in [1.807, 2.05) is 0 Å². The van der Waals surface area contributed by atoms with Gasteiger partial charge in [-0.2, -0.15) is 0 Å². The fourth-order valence-corrected chi connectivity index (χ4v) is 4.58. The maximum atomic E-state index is 4.51. The molecule has 0 saturated carbocycles. The van der Waals surface area contributed by atoms with Crippen molar-refractivity contribution in [3.8, 4) is 0 Å². The molecule has 34 heavy (non-hydrogen) atoms. The fourth-order valence-electron chi connectivity index (χ4n) is 4.58. The third-order valence-electron chi connectivity index (χ3n) is 6.44. The van der Waals surface area contributed by atoms with Gasteiger partial charge in [-0.1, -0.05) is 127 Å². The Balaban J connectivity index is 1.69. The van der Waals surface area contributed by atoms with Crippen molar-refractivity contribution in [2.24, 2.45) is 0 Å². The molecule has 0 spiro atoms. The fraction of sp³-hybridized carbons (Fsp3) is 0.0588. The molecular weight excluding hydrogens is 408 g/mol. The van der Waals surface area contributed by atoms with Crippen LogP contribution in [0, 0.1) is 6.92 Å². The van der Waals surface area contributed by atoms with Gasteiger partial charge in [0.1, 0.15) is 0 Å². The van der Waals surface area contributed by atoms with E-state index in [4.69, 9.17) is 0 Å². The molecule has 0 amide bonds. The first-order valence-electron chi connectivity index (χ1n) is 11.7. The van der Waals surface area contributed by atoms with E-state index < -0.39 is 0 Å². The second kappa shape index (κ2) is 9.37. The first-order valence-corrected chi connectivity index (χ1v) is 11.7. The highest BCUT2D eigenvalue weighted by molar-refractivity contribution is 6.03. The van der Waals surface area contributed by atoms with Gasteiger partial charge in [0.05, 0.1) is 0 Å². The summed E-state index contributed by atoms with van der Waals surface area (Å²) in [7, 11) is 0. The van der Waals surface area contributed by atoms with Gasteiger partial charge in [0, 0.05) is 0 Å². The predicted molar refractivity (Wildman–Crippen MR) is 150 cm³/mol. The Morgan fingerprint density at radius 2 is 1.12 bits per heavy atom. The number of allylic oxidation sites excluding steroid dienone is 5. The van der Waals surface area contributed by atoms with Crippen LogP contribution in [0.25, 0.3) is 38.3 Å². The van der Waals surface area contributed by atoms with Crippen LogP contribution in [0.1, 0.15) is 29.2 Å². The van der Waals surface area contributed by atoms with Crippen LogP contribution in [-0.2, 0) is 0 Å². The Morgan fingerprint density at radius 1 is 0.588 bits per heavy atom. The molecule has 0 aliphatic rings. The van der Waals surface area contributed by atoms with Gasteiger partial charge in [0.2, 0.25) is 0 Å². The van der Waals surface area contributed by atoms with Crippen LogP contribution in [0.4, 0.5) is 0 Å². The van der Waals surface area contributed by atoms with Crippen molar-refractivity contribution in [2.45, 2.75) is 13.8 Å². The topological polar surface area (TPSA) is 0 Å². The summed E-state index contributed by atoms with van der Waals surface area (Å²) in [6.45, 7) is 8.81. The van der Waals surface area contributed by atoms with Crippen LogP contribution in [0.15, 0.2) is 128 Å². The summed E-state index contributed by atoms with van der Waals surface area (Å²) in [5, 5.41) is 4.94. The van der Waals surface area contributed by atoms with E-state index in [-0.39, 0.29) is 0 Å². The molecule has 0 heteroatoms. The molecule has 0 aromatic heterocycles. The maximum absolute atomic E-state index is 4.51. The number of fused-ring (bicyclic) bond motifs is 2. The smallest absolute Gasteiger partial charge is 0.0105 e. The number of rotatable bonds is 5. The Labute approximate surface area is 202 Å². The van der Waals surface area contributed by atoms with Gasteiger partial charge in [-0.05, 0) is 74.9 Å². The second-order valence-electron chi connectivity index (χ2n) is 8.87. The minimum absolute atomic E-state index is 1.01. The van der Waals surface area contributed by atoms with Crippen LogP contribution >= 0.6 is 0 Å². The lowest BCUT2D eigenvalue weighted by Crippen LogP contribution is -1.90. The maximum Gasteiger partial charge on any atom is -0.0105 e. The van der Waals surface area contributed by atoms with Crippen LogP contribution in [-0.4, -0.2) is 0 Å². The molecule has 0 radical (unpaired) electrons. The van der Waals surface area contributed by atoms with E-state index in [0.717, 1.165) is 16.7 Å². The number of benzene rings is 5. The lowest BCUT2D eigenvalue weighted by molar-refractivity contribution is 1.44. The Morgan fingerprint density at radius 3 is 1.76 bits per heavy atom. The zero-order chi connectivity index (χ0) is 23.5. The molecule has 0 heterocycles. The summed E-state index contributed by atoms with van der Waals surface area (Å²) >= 11 is 0. The van der Waals surface area contributed by atoms with E-state index in [1.54, 1.807) is 0 Å². The lowest BCUT2D eigenvalue weighted by atomic mass is 9.91. The number of aryl methyl sites for hydroxylation is 1. The molecule has 0 aliphatic carbocycles. The van der Waals surface area contributed by atoms with E-state index in [1.165, 1.54) is 43.8 Å². The molecule has 0 saturated heterocycles. The first kappa shape index (κ1) is 21.7. The molecule has 0 unspecified atom stereocenters. The average Bonchev–Trinajstić information content (AvgIpc) is 2.88. The molecule has 5 aromatic carbocycles. The highest BCUT2D eigenvalue weighted by Crippen LogP contribution is 2.32. The molecule has 0 nitrogen and oxygen atoms in total. The van der Waals surface area contributed by atoms with Crippen molar-refractivity contribution in [2.75, 3.05) is 0 Å². The van der Waals surface area contributed by atoms with Gasteiger partial charge in [0.25, 0.3) is 0 Å². The van der Waals surface area contributed by atoms with Crippen molar-refractivity contribution in [1.82, 2.24) is 0 Å². The summed E-state index contributed by atoms with van der Waals surface area (Å²) in [6.07, 6.45) is 4.53. The lowest BCUT2D eigenvalue weighted by Gasteiger charge is -2.13. The van der Waals surface area contributed by atoms with E-state index in [2.05, 4.69) is 142 Å². The van der Waals surface area contributed by atoms with Crippen molar-refractivity contribution >= 4 is 38.3 Å². The number of hydrogen-bond acceptors (Lipinski definition) is 0. The van der Waals surface area contributed by atoms with Crippen LogP contribution in [0.2, 0.25) is 0 Å². The Bertz CT molecular complexity index is 1550. The van der Waals surface area contributed by atoms with Gasteiger partial charge >= 0.3 is 0 Å². The number of hydrogen-bond donors (Lipinski definition) is 0. The van der Waals surface area contributed by atoms with Crippen molar-refractivity contribution in [3.05, 3.63) is 150 Å². The largest absolute Gasteiger partial charge is 0.0911 e. The normalized spacial score (nSPS) is 12.3. The molecule has 0 atom stereocenters. The van der Waals surface area contributed by atoms with Crippen LogP contribution in [0.3, 0.4) is 0 Å². The molecule has 0 aliphatic heterocycles. The van der Waals surface area contributed by atoms with Gasteiger partial charge in [-0.15, -0.1) is 0 Å². The van der Waals surface area contributed by atoms with Crippen molar-refractivity contribution in [3.63, 3.8) is 0 Å². The monoisotopic (exact) mass is 436 g/mol. The van der Waals surface area contributed by atoms with E-state index in [0.29, 0.717) is 0 Å². The second-order valence-corrected chi connectivity index (χ2v) is 8.87. The van der Waals surface area contributed by atoms with Crippen LogP contribution in [0.5, 0.6) is 0 Å². The van der Waals surface area contributed by atoms with E-state index in [9.17, 15) is 0 Å². The first-order chi connectivity index (χ1) is 16.6. The molecule has 0 bridgehead atoms.